The second kappa shape index (κ2) is 10.2. The third-order valence-corrected chi connectivity index (χ3v) is 6.23. The van der Waals surface area contributed by atoms with E-state index in [1.165, 1.54) is 12.3 Å². The summed E-state index contributed by atoms with van der Waals surface area (Å²) >= 11 is 0. The number of Topliss-reactive ketones (excluding diaryl/α,β-unsaturated/α-hetero) is 1. The minimum atomic E-state index is -0.399. The molecule has 4 heterocycles. The van der Waals surface area contributed by atoms with Gasteiger partial charge in [-0.2, -0.15) is 0 Å². The highest BCUT2D eigenvalue weighted by atomic mass is 19.1. The molecule has 36 heavy (non-hydrogen) atoms. The van der Waals surface area contributed by atoms with E-state index in [9.17, 15) is 9.18 Å². The normalized spacial score (nSPS) is 15.8. The molecule has 0 bridgehead atoms. The predicted molar refractivity (Wildman–Crippen MR) is 135 cm³/mol. The molecule has 0 N–H and O–H groups in total. The summed E-state index contributed by atoms with van der Waals surface area (Å²) < 4.78 is 13.3. The maximum atomic E-state index is 13.4. The summed E-state index contributed by atoms with van der Waals surface area (Å²) in [7, 11) is 0. The van der Waals surface area contributed by atoms with Gasteiger partial charge in [-0.25, -0.2) is 4.39 Å². The van der Waals surface area contributed by atoms with Crippen LogP contribution in [-0.4, -0.2) is 26.4 Å². The van der Waals surface area contributed by atoms with Crippen molar-refractivity contribution in [3.63, 3.8) is 0 Å². The highest BCUT2D eigenvalue weighted by Crippen LogP contribution is 2.31. The van der Waals surface area contributed by atoms with E-state index in [2.05, 4.69) is 20.1 Å². The average molecular weight is 481 g/mol. The van der Waals surface area contributed by atoms with Crippen LogP contribution in [0.5, 0.6) is 0 Å². The minimum Gasteiger partial charge on any atom is -0.385 e. The van der Waals surface area contributed by atoms with Gasteiger partial charge in [0, 0.05) is 53.5 Å². The van der Waals surface area contributed by atoms with Gasteiger partial charge in [-0.3, -0.25) is 19.7 Å². The highest BCUT2D eigenvalue weighted by Gasteiger charge is 2.26. The first-order valence-electron chi connectivity index (χ1n) is 11.8. The number of carbonyl (C=O) groups is 1. The first-order chi connectivity index (χ1) is 17.5. The lowest BCUT2D eigenvalue weighted by molar-refractivity contribution is 0.0826. The summed E-state index contributed by atoms with van der Waals surface area (Å²) in [4.78, 5) is 32.1. The monoisotopic (exact) mass is 480 g/mol. The molecule has 0 saturated carbocycles. The summed E-state index contributed by atoms with van der Waals surface area (Å²) in [5.41, 5.74) is 6.25. The Morgan fingerprint density at radius 1 is 1.03 bits per heavy atom. The van der Waals surface area contributed by atoms with Crippen molar-refractivity contribution in [2.45, 2.75) is 38.7 Å². The van der Waals surface area contributed by atoms with E-state index in [0.29, 0.717) is 17.7 Å². The van der Waals surface area contributed by atoms with Crippen LogP contribution in [0.25, 0.3) is 11.3 Å². The summed E-state index contributed by atoms with van der Waals surface area (Å²) in [6.45, 7) is 3.90. The van der Waals surface area contributed by atoms with Crippen LogP contribution in [0, 0.1) is 12.7 Å². The summed E-state index contributed by atoms with van der Waals surface area (Å²) in [6, 6.07) is 18.3. The van der Waals surface area contributed by atoms with Crippen LogP contribution in [0.15, 0.2) is 84.4 Å². The third-order valence-electron chi connectivity index (χ3n) is 6.23. The minimum absolute atomic E-state index is 0.0374. The molecule has 6 nitrogen and oxygen atoms in total. The van der Waals surface area contributed by atoms with Crippen molar-refractivity contribution < 1.29 is 14.0 Å². The number of hydrogen-bond donors (Lipinski definition) is 0. The van der Waals surface area contributed by atoms with Crippen molar-refractivity contribution in [3.8, 4) is 11.3 Å². The number of hydrogen-bond acceptors (Lipinski definition) is 6. The first kappa shape index (κ1) is 23.5. The molecule has 0 amide bonds. The Kier molecular flexibility index (Phi) is 6.62. The molecular weight excluding hydrogens is 455 g/mol. The number of carbonyl (C=O) groups excluding carboxylic acids is 1. The van der Waals surface area contributed by atoms with E-state index in [0.717, 1.165) is 33.8 Å². The molecule has 5 rings (SSSR count). The molecule has 180 valence electrons. The van der Waals surface area contributed by atoms with Gasteiger partial charge in [0.1, 0.15) is 5.82 Å². The Morgan fingerprint density at radius 3 is 2.61 bits per heavy atom. The molecule has 1 aliphatic rings. The van der Waals surface area contributed by atoms with Crippen LogP contribution in [0.1, 0.15) is 64.7 Å². The van der Waals surface area contributed by atoms with Gasteiger partial charge in [0.05, 0.1) is 23.3 Å². The maximum absolute atomic E-state index is 13.4. The van der Waals surface area contributed by atoms with E-state index in [4.69, 9.17) is 4.84 Å². The quantitative estimate of drug-likeness (QED) is 0.293. The zero-order valence-electron chi connectivity index (χ0n) is 20.1. The number of ketones is 1. The second-order valence-electron chi connectivity index (χ2n) is 9.04. The van der Waals surface area contributed by atoms with Gasteiger partial charge >= 0.3 is 0 Å². The van der Waals surface area contributed by atoms with Gasteiger partial charge in [-0.05, 0) is 61.0 Å². The topological polar surface area (TPSA) is 77.3 Å². The zero-order chi connectivity index (χ0) is 25.1. The van der Waals surface area contributed by atoms with Gasteiger partial charge < -0.3 is 4.84 Å². The summed E-state index contributed by atoms with van der Waals surface area (Å²) in [5, 5.41) is 4.33. The smallest absolute Gasteiger partial charge is 0.174 e. The van der Waals surface area contributed by atoms with E-state index >= 15 is 0 Å². The number of pyridine rings is 3. The predicted octanol–water partition coefficient (Wildman–Crippen LogP) is 6.23. The standard InChI is InChI=1S/C29H25FN4O2/c1-18-6-8-25(32-16-18)20-12-21(27-15-29(36-34-27)26-5-3-4-10-31-26)14-22(13-20)28(35)11-19(2)24-9-7-23(30)17-33-24/h3-10,12-14,16-17,19,29H,11,15H2,1-2H3/t19-,29?/m0/s1. The molecule has 0 radical (unpaired) electrons. The summed E-state index contributed by atoms with van der Waals surface area (Å²) in [6.07, 6.45) is 5.22. The molecule has 7 heteroatoms. The number of aryl methyl sites for hydroxylation is 1. The van der Waals surface area contributed by atoms with E-state index < -0.39 is 5.82 Å². The molecule has 4 aromatic rings. The molecule has 3 aromatic heterocycles. The summed E-state index contributed by atoms with van der Waals surface area (Å²) in [5.74, 6) is -0.600. The first-order valence-corrected chi connectivity index (χ1v) is 11.8. The molecule has 0 spiro atoms. The van der Waals surface area contributed by atoms with Crippen LogP contribution in [0.3, 0.4) is 0 Å². The number of aromatic nitrogens is 3. The zero-order valence-corrected chi connectivity index (χ0v) is 20.1. The number of benzene rings is 1. The fourth-order valence-electron chi connectivity index (χ4n) is 4.19. The van der Waals surface area contributed by atoms with Crippen LogP contribution in [0.4, 0.5) is 4.39 Å². The van der Waals surface area contributed by atoms with Gasteiger partial charge in [0.2, 0.25) is 0 Å². The number of rotatable bonds is 7. The number of oxime groups is 1. The SMILES string of the molecule is Cc1ccc(-c2cc(C(=O)C[C@H](C)c3ccc(F)cn3)cc(C3=NOC(c4ccccn4)C3)c2)nc1. The molecule has 0 fully saturated rings. The second-order valence-corrected chi connectivity index (χ2v) is 9.04. The fraction of sp³-hybridized carbons (Fsp3) is 0.207. The van der Waals surface area contributed by atoms with Crippen molar-refractivity contribution in [1.82, 2.24) is 15.0 Å². The molecule has 0 saturated heterocycles. The van der Waals surface area contributed by atoms with Gasteiger partial charge in [-0.15, -0.1) is 0 Å². The molecule has 0 aliphatic carbocycles. The Bertz CT molecular complexity index is 1400. The van der Waals surface area contributed by atoms with Crippen molar-refractivity contribution in [2.75, 3.05) is 0 Å². The van der Waals surface area contributed by atoms with Crippen LogP contribution < -0.4 is 0 Å². The van der Waals surface area contributed by atoms with Crippen molar-refractivity contribution in [3.05, 3.63) is 113 Å². The molecule has 1 unspecified atom stereocenters. The fourth-order valence-corrected chi connectivity index (χ4v) is 4.19. The van der Waals surface area contributed by atoms with Crippen LogP contribution >= 0.6 is 0 Å². The Labute approximate surface area is 208 Å². The highest BCUT2D eigenvalue weighted by molar-refractivity contribution is 6.05. The van der Waals surface area contributed by atoms with Gasteiger partial charge in [-0.1, -0.05) is 24.2 Å². The molecule has 1 aromatic carbocycles. The Hall–Kier alpha value is -4.26. The van der Waals surface area contributed by atoms with E-state index in [-0.39, 0.29) is 24.2 Å². The average Bonchev–Trinajstić information content (AvgIpc) is 3.40. The maximum Gasteiger partial charge on any atom is 0.174 e. The van der Waals surface area contributed by atoms with Gasteiger partial charge in [0.25, 0.3) is 0 Å². The molecule has 1 aliphatic heterocycles. The van der Waals surface area contributed by atoms with Gasteiger partial charge in [0.15, 0.2) is 11.9 Å². The van der Waals surface area contributed by atoms with Crippen molar-refractivity contribution in [1.29, 1.82) is 0 Å². The number of nitrogens with zero attached hydrogens (tertiary/aromatic N) is 4. The largest absolute Gasteiger partial charge is 0.385 e. The van der Waals surface area contributed by atoms with E-state index in [1.807, 2.05) is 62.4 Å². The van der Waals surface area contributed by atoms with Crippen molar-refractivity contribution in [2.24, 2.45) is 5.16 Å². The molecule has 2 atom stereocenters. The Morgan fingerprint density at radius 2 is 1.89 bits per heavy atom. The van der Waals surface area contributed by atoms with Crippen LogP contribution in [-0.2, 0) is 4.84 Å². The lowest BCUT2D eigenvalue weighted by Crippen LogP contribution is -2.09. The van der Waals surface area contributed by atoms with E-state index in [1.54, 1.807) is 18.5 Å². The lowest BCUT2D eigenvalue weighted by Gasteiger charge is -2.13. The third kappa shape index (κ3) is 5.20. The molecular formula is C29H25FN4O2. The van der Waals surface area contributed by atoms with Crippen molar-refractivity contribution >= 4 is 11.5 Å². The lowest BCUT2D eigenvalue weighted by atomic mass is 9.92. The number of halogens is 1. The van der Waals surface area contributed by atoms with Crippen LogP contribution in [0.2, 0.25) is 0 Å². The Balaban J connectivity index is 1.45.